The number of hydrogen-bond donors (Lipinski definition) is 22. The van der Waals surface area contributed by atoms with Gasteiger partial charge in [-0.3, -0.25) is 43.5 Å². The zero-order chi connectivity index (χ0) is 71.7. The number of esters is 1. The summed E-state index contributed by atoms with van der Waals surface area (Å²) in [5, 5.41) is 159. The van der Waals surface area contributed by atoms with Gasteiger partial charge in [0.05, 0.1) is 58.1 Å². The molecular weight excluding hydrogens is 1310 g/mol. The van der Waals surface area contributed by atoms with Gasteiger partial charge in [-0.15, -0.1) is 0 Å². The summed E-state index contributed by atoms with van der Waals surface area (Å²) in [4.78, 5) is 109. The van der Waals surface area contributed by atoms with Crippen molar-refractivity contribution in [2.24, 2.45) is 27.4 Å². The molecule has 39 heteroatoms. The van der Waals surface area contributed by atoms with Crippen LogP contribution in [0.25, 0.3) is 0 Å². The predicted octanol–water partition coefficient (Wildman–Crippen LogP) is -11.9. The zero-order valence-corrected chi connectivity index (χ0v) is 53.0. The number of halogens is 1. The Balaban J connectivity index is 1.10. The highest BCUT2D eigenvalue weighted by Gasteiger charge is 2.55. The Bertz CT molecular complexity index is 3180. The van der Waals surface area contributed by atoms with Gasteiger partial charge in [-0.25, -0.2) is 4.39 Å². The molecule has 2 aromatic rings. The number of aliphatic hydroxyl groups is 13. The molecule has 544 valence electrons. The van der Waals surface area contributed by atoms with Crippen LogP contribution in [0.2, 0.25) is 0 Å². The van der Waals surface area contributed by atoms with Crippen molar-refractivity contribution in [3.05, 3.63) is 65.5 Å². The number of guanidine groups is 2. The van der Waals surface area contributed by atoms with E-state index in [1.807, 2.05) is 0 Å². The van der Waals surface area contributed by atoms with Gasteiger partial charge in [0.2, 0.25) is 41.7 Å². The highest BCUT2D eigenvalue weighted by atomic mass is 19.1. The van der Waals surface area contributed by atoms with Crippen molar-refractivity contribution in [3.63, 3.8) is 0 Å². The van der Waals surface area contributed by atoms with Crippen molar-refractivity contribution in [2.45, 2.75) is 186 Å². The van der Waals surface area contributed by atoms with E-state index in [4.69, 9.17) is 39.9 Å². The molecule has 0 bridgehead atoms. The van der Waals surface area contributed by atoms with Crippen molar-refractivity contribution >= 4 is 53.3 Å². The maximum Gasteiger partial charge on any atom is 0.306 e. The molecule has 4 saturated heterocycles. The fourth-order valence-corrected chi connectivity index (χ4v) is 11.9. The van der Waals surface area contributed by atoms with Gasteiger partial charge in [0.1, 0.15) is 121 Å². The van der Waals surface area contributed by atoms with Crippen LogP contribution in [0.3, 0.4) is 0 Å². The number of nitrogens with two attached hydrogens (primary N) is 2. The summed E-state index contributed by atoms with van der Waals surface area (Å²) in [6, 6.07) is -3.20. The van der Waals surface area contributed by atoms with Crippen molar-refractivity contribution < 1.29 is 133 Å². The fraction of sp³-hybridized carbons (Fsp3) is 0.644. The maximum absolute atomic E-state index is 15.2. The van der Waals surface area contributed by atoms with Crippen LogP contribution in [0.15, 0.2) is 58.5 Å². The second-order valence-electron chi connectivity index (χ2n) is 24.8. The molecule has 0 aromatic heterocycles. The van der Waals surface area contributed by atoms with Crippen molar-refractivity contribution in [1.82, 2.24) is 42.1 Å². The van der Waals surface area contributed by atoms with Crippen LogP contribution in [0.4, 0.5) is 4.39 Å². The molecule has 2 aromatic carbocycles. The monoisotopic (exact) mass is 1400 g/mol. The van der Waals surface area contributed by atoms with Crippen LogP contribution in [0.1, 0.15) is 44.2 Å². The van der Waals surface area contributed by atoms with Gasteiger partial charge >= 0.3 is 5.97 Å². The molecule has 24 N–H and O–H groups in total. The molecule has 0 saturated carbocycles. The molecule has 6 heterocycles. The third-order valence-corrected chi connectivity index (χ3v) is 17.4. The Labute approximate surface area is 557 Å². The molecule has 0 aliphatic carbocycles. The first kappa shape index (κ1) is 76.1. The van der Waals surface area contributed by atoms with E-state index in [-0.39, 0.29) is 41.7 Å². The lowest BCUT2D eigenvalue weighted by atomic mass is 9.91. The number of nitrogens with one attached hydrogen (secondary N) is 7. The lowest BCUT2D eigenvalue weighted by molar-refractivity contribution is -0.353. The third-order valence-electron chi connectivity index (χ3n) is 17.4. The average Bonchev–Trinajstić information content (AvgIpc) is 1.28. The summed E-state index contributed by atoms with van der Waals surface area (Å²) in [5.74, 6) is -11.6. The number of carbonyl (C=O) groups is 7. The molecule has 4 fully saturated rings. The van der Waals surface area contributed by atoms with Crippen LogP contribution < -0.4 is 53.4 Å². The quantitative estimate of drug-likeness (QED) is 0.0547. The van der Waals surface area contributed by atoms with Crippen LogP contribution in [0.5, 0.6) is 5.75 Å². The van der Waals surface area contributed by atoms with Gasteiger partial charge in [0.25, 0.3) is 0 Å². The summed E-state index contributed by atoms with van der Waals surface area (Å²) >= 11 is 0. The average molecular weight is 1400 g/mol. The third kappa shape index (κ3) is 17.7. The van der Waals surface area contributed by atoms with E-state index >= 15 is 9.59 Å². The Kier molecular flexibility index (Phi) is 26.0. The molecule has 98 heavy (non-hydrogen) atoms. The second-order valence-corrected chi connectivity index (χ2v) is 24.8. The maximum atomic E-state index is 15.2. The minimum Gasteiger partial charge on any atom is -0.462 e. The van der Waals surface area contributed by atoms with Gasteiger partial charge in [0.15, 0.2) is 30.5 Å². The zero-order valence-electron chi connectivity index (χ0n) is 53.0. The van der Waals surface area contributed by atoms with E-state index < -0.39 is 252 Å². The Morgan fingerprint density at radius 2 is 1.23 bits per heavy atom. The molecule has 6 amide bonds. The van der Waals surface area contributed by atoms with E-state index in [1.54, 1.807) is 13.8 Å². The first-order chi connectivity index (χ1) is 46.5. The molecule has 8 rings (SSSR count). The number of nitrogens with zero attached hydrogens (tertiary/aromatic N) is 3. The molecule has 6 aliphatic rings. The largest absolute Gasteiger partial charge is 0.462 e. The number of carbonyl (C=O) groups excluding carboxylic acids is 7. The Hall–Kier alpha value is -7.68. The van der Waals surface area contributed by atoms with E-state index in [0.717, 1.165) is 17.0 Å². The minimum atomic E-state index is -2.38. The highest BCUT2D eigenvalue weighted by Crippen LogP contribution is 2.34. The number of hydrogen-bond acceptors (Lipinski definition) is 32. The SMILES string of the molecule is CC(C)CC(=O)O[C@@H]1[C@@H](O[C@H]2[C@H](O)[C@H](O)[C@@H](Oc3ccc(C[C@H]4NC(=O)[C@H](C(C)c5cccc(F)c5)NC(=O)CNC(=O)[C@H](CO)NC(=O)[C@@H](C(O)C5CN=C(N)N5[C@H]5O[C@H](CO)[C@@H](O)[C@H](O)[C@@H]5O)NC(=O)[C@H](C(O)C5CN=C(N)N5)NC4=O)cc3)O[C@@H]2CO)O[C@H](CO)[C@@H](O)[C@@H]1O. The van der Waals surface area contributed by atoms with E-state index in [0.29, 0.717) is 0 Å². The highest BCUT2D eigenvalue weighted by molar-refractivity contribution is 5.98. The van der Waals surface area contributed by atoms with Crippen molar-refractivity contribution in [2.75, 3.05) is 46.1 Å². The summed E-state index contributed by atoms with van der Waals surface area (Å²) in [6.45, 7) is -0.991. The smallest absolute Gasteiger partial charge is 0.306 e. The molecule has 0 radical (unpaired) electrons. The van der Waals surface area contributed by atoms with Crippen LogP contribution >= 0.6 is 0 Å². The Morgan fingerprint density at radius 3 is 1.87 bits per heavy atom. The number of ether oxygens (including phenoxy) is 6. The van der Waals surface area contributed by atoms with Crippen LogP contribution in [-0.2, 0) is 63.7 Å². The van der Waals surface area contributed by atoms with Gasteiger partial charge in [-0.1, -0.05) is 45.0 Å². The normalized spacial score (nSPS) is 35.7. The number of benzene rings is 2. The van der Waals surface area contributed by atoms with Crippen LogP contribution in [0, 0.1) is 11.7 Å². The molecule has 6 aliphatic heterocycles. The van der Waals surface area contributed by atoms with Crippen molar-refractivity contribution in [3.8, 4) is 5.75 Å². The number of aliphatic imine (C=N–C) groups is 2. The van der Waals surface area contributed by atoms with Crippen molar-refractivity contribution in [1.29, 1.82) is 0 Å². The molecule has 5 unspecified atom stereocenters. The molecule has 0 spiro atoms. The topological polar surface area (TPSA) is 602 Å². The molecule has 38 nitrogen and oxygen atoms in total. The number of aliphatic hydroxyl groups excluding tert-OH is 13. The van der Waals surface area contributed by atoms with Gasteiger partial charge in [-0.05, 0) is 41.3 Å². The van der Waals surface area contributed by atoms with Gasteiger partial charge in [0, 0.05) is 18.8 Å². The predicted molar refractivity (Wildman–Crippen MR) is 326 cm³/mol. The number of rotatable bonds is 20. The van der Waals surface area contributed by atoms with E-state index in [1.165, 1.54) is 43.3 Å². The van der Waals surface area contributed by atoms with Gasteiger partial charge < -0.3 is 148 Å². The molecule has 25 atom stereocenters. The van der Waals surface area contributed by atoms with Gasteiger partial charge in [-0.2, -0.15) is 0 Å². The fourth-order valence-electron chi connectivity index (χ4n) is 11.9. The summed E-state index contributed by atoms with van der Waals surface area (Å²) in [7, 11) is 0. The minimum absolute atomic E-state index is 0.117. The van der Waals surface area contributed by atoms with Crippen LogP contribution in [-0.4, -0.2) is 317 Å². The van der Waals surface area contributed by atoms with E-state index in [2.05, 4.69) is 47.2 Å². The first-order valence-electron chi connectivity index (χ1n) is 31.3. The summed E-state index contributed by atoms with van der Waals surface area (Å²) < 4.78 is 49.2. The Morgan fingerprint density at radius 1 is 0.633 bits per heavy atom. The molecular formula is C59H85FN12O26. The standard InChI is InChI=1S/C59H85FN12O26/c1-21(2)11-35(78)97-49-44(84)42(82)32(19-75)95-57(49)98-48-33(20-76)96-56(47(87)45(48)85)93-26-9-7-23(8-10-26)12-27-51(89)70-37(39(79)28-14-64-58(61)68-28)54(92)71-38(40(80)30-15-65-59(62)72(30)55-46(86)43(83)41(81)31(18-74)94-55)53(91)67-29(17-73)50(88)63-16-34(77)69-36(52(90)66-27)22(3)24-5-4-6-25(60)13-24/h4-10,13,21-22,27-33,36-49,55-57,73-76,79-87H,11-12,14-20H2,1-3H3,(H2,62,65)(H,63,88)(H,66,90)(H,67,91)(H,69,77)(H,70,89)(H,71,92)(H3,61,64,68)/t22?,27-,28?,29+,30?,31-,32-,33-,36+,37+,38-,39?,40?,41-,42-,43+,44+,45-,46+,47+,48-,49+,55+,56+,57-/m1/s1. The summed E-state index contributed by atoms with van der Waals surface area (Å²) in [5.41, 5.74) is 12.4. The number of amides is 6. The lowest BCUT2D eigenvalue weighted by Crippen LogP contribution is -2.70. The van der Waals surface area contributed by atoms with E-state index in [9.17, 15) is 94.7 Å². The second kappa shape index (κ2) is 33.5. The lowest BCUT2D eigenvalue weighted by Gasteiger charge is -2.46. The first-order valence-corrected chi connectivity index (χ1v) is 31.3. The summed E-state index contributed by atoms with van der Waals surface area (Å²) in [6.07, 6.45) is -32.4.